The molecule has 0 aliphatic heterocycles. The van der Waals surface area contributed by atoms with E-state index in [-0.39, 0.29) is 17.9 Å². The number of hydrogen-bond donors (Lipinski definition) is 2. The average Bonchev–Trinajstić information content (AvgIpc) is 2.97. The fraction of sp³-hybridized carbons (Fsp3) is 0.444. The second-order valence-corrected chi connectivity index (χ2v) is 7.14. The molecule has 1 heterocycles. The van der Waals surface area contributed by atoms with Crippen molar-refractivity contribution in [3.8, 4) is 0 Å². The summed E-state index contributed by atoms with van der Waals surface area (Å²) >= 11 is 12.2. The number of amides is 1. The van der Waals surface area contributed by atoms with Gasteiger partial charge in [0.1, 0.15) is 0 Å². The molecule has 2 rings (SSSR count). The zero-order chi connectivity index (χ0) is 18.4. The normalized spacial score (nSPS) is 12.4. The van der Waals surface area contributed by atoms with Crippen LogP contribution in [0.1, 0.15) is 25.1 Å². The Kier molecular flexibility index (Phi) is 7.29. The van der Waals surface area contributed by atoms with Crippen molar-refractivity contribution in [2.75, 3.05) is 6.54 Å². The molecule has 0 saturated heterocycles. The van der Waals surface area contributed by atoms with Gasteiger partial charge in [0.25, 0.3) is 0 Å². The van der Waals surface area contributed by atoms with Crippen LogP contribution < -0.4 is 10.6 Å². The summed E-state index contributed by atoms with van der Waals surface area (Å²) < 4.78 is 1.98. The highest BCUT2D eigenvalue weighted by atomic mass is 35.5. The lowest BCUT2D eigenvalue weighted by Gasteiger charge is -2.22. The number of aryl methyl sites for hydroxylation is 1. The van der Waals surface area contributed by atoms with Crippen molar-refractivity contribution < 1.29 is 4.79 Å². The van der Waals surface area contributed by atoms with Gasteiger partial charge in [0.2, 0.25) is 5.91 Å². The maximum atomic E-state index is 12.5. The number of nitrogens with one attached hydrogen (secondary N) is 2. The van der Waals surface area contributed by atoms with E-state index in [0.717, 1.165) is 17.7 Å². The van der Waals surface area contributed by atoms with Crippen LogP contribution in [0.4, 0.5) is 0 Å². The van der Waals surface area contributed by atoms with Gasteiger partial charge in [-0.1, -0.05) is 49.2 Å². The molecule has 0 spiro atoms. The van der Waals surface area contributed by atoms with E-state index in [9.17, 15) is 4.79 Å². The van der Waals surface area contributed by atoms with Crippen LogP contribution in [0.5, 0.6) is 0 Å². The van der Waals surface area contributed by atoms with E-state index in [0.29, 0.717) is 23.1 Å². The molecule has 7 heteroatoms. The first kappa shape index (κ1) is 19.8. The maximum Gasteiger partial charge on any atom is 0.237 e. The van der Waals surface area contributed by atoms with Crippen molar-refractivity contribution in [3.05, 3.63) is 52.0 Å². The molecule has 1 unspecified atom stereocenters. The monoisotopic (exact) mass is 382 g/mol. The van der Waals surface area contributed by atoms with E-state index in [1.54, 1.807) is 12.4 Å². The summed E-state index contributed by atoms with van der Waals surface area (Å²) in [6, 6.07) is 5.13. The summed E-state index contributed by atoms with van der Waals surface area (Å²) in [5, 5.41) is 7.25. The first-order valence-electron chi connectivity index (χ1n) is 8.29. The van der Waals surface area contributed by atoms with Gasteiger partial charge >= 0.3 is 0 Å². The number of aromatic nitrogens is 2. The first-order chi connectivity index (χ1) is 11.9. The lowest BCUT2D eigenvalue weighted by molar-refractivity contribution is -0.124. The van der Waals surface area contributed by atoms with E-state index in [4.69, 9.17) is 23.2 Å². The molecular formula is C18H24Cl2N4O. The summed E-state index contributed by atoms with van der Waals surface area (Å²) in [5.41, 5.74) is 1.93. The van der Waals surface area contributed by atoms with E-state index in [1.807, 2.05) is 43.8 Å². The summed E-state index contributed by atoms with van der Waals surface area (Å²) in [6.45, 7) is 5.10. The second kappa shape index (κ2) is 9.22. The SMILES string of the molecule is CC(C)C(NCCc1cncn1C)C(=O)NCc1cccc(Cl)c1Cl. The number of rotatable bonds is 8. The molecule has 5 nitrogen and oxygen atoms in total. The summed E-state index contributed by atoms with van der Waals surface area (Å²) in [4.78, 5) is 16.6. The van der Waals surface area contributed by atoms with Crippen molar-refractivity contribution >= 4 is 29.1 Å². The molecule has 2 aromatic rings. The molecule has 25 heavy (non-hydrogen) atoms. The molecule has 1 atom stereocenters. The van der Waals surface area contributed by atoms with Gasteiger partial charge in [0.05, 0.1) is 22.4 Å². The molecule has 0 aliphatic carbocycles. The Morgan fingerprint density at radius 2 is 2.08 bits per heavy atom. The van der Waals surface area contributed by atoms with Crippen molar-refractivity contribution in [1.82, 2.24) is 20.2 Å². The molecule has 0 aliphatic rings. The molecular weight excluding hydrogens is 359 g/mol. The third-order valence-corrected chi connectivity index (χ3v) is 4.95. The van der Waals surface area contributed by atoms with Crippen LogP contribution >= 0.6 is 23.2 Å². The smallest absolute Gasteiger partial charge is 0.237 e. The minimum Gasteiger partial charge on any atom is -0.351 e. The van der Waals surface area contributed by atoms with Crippen molar-refractivity contribution in [2.45, 2.75) is 32.9 Å². The quantitative estimate of drug-likeness (QED) is 0.736. The molecule has 0 bridgehead atoms. The molecule has 0 radical (unpaired) electrons. The van der Waals surface area contributed by atoms with Gasteiger partial charge in [0.15, 0.2) is 0 Å². The van der Waals surface area contributed by atoms with E-state index in [1.165, 1.54) is 0 Å². The largest absolute Gasteiger partial charge is 0.351 e. The molecule has 1 aromatic carbocycles. The lowest BCUT2D eigenvalue weighted by atomic mass is 10.0. The molecule has 2 N–H and O–H groups in total. The fourth-order valence-corrected chi connectivity index (χ4v) is 2.98. The Morgan fingerprint density at radius 3 is 2.72 bits per heavy atom. The number of hydrogen-bond acceptors (Lipinski definition) is 3. The van der Waals surface area contributed by atoms with Crippen LogP contribution in [0.15, 0.2) is 30.7 Å². The molecule has 1 aromatic heterocycles. The van der Waals surface area contributed by atoms with Gasteiger partial charge in [-0.3, -0.25) is 4.79 Å². The Balaban J connectivity index is 1.89. The highest BCUT2D eigenvalue weighted by Crippen LogP contribution is 2.25. The minimum atomic E-state index is -0.272. The molecule has 1 amide bonds. The third-order valence-electron chi connectivity index (χ3n) is 4.10. The standard InChI is InChI=1S/C18H24Cl2N4O/c1-12(2)17(22-8-7-14-10-21-11-24(14)3)18(25)23-9-13-5-4-6-15(19)16(13)20/h4-6,10-12,17,22H,7-9H2,1-3H3,(H,23,25). The summed E-state index contributed by atoms with van der Waals surface area (Å²) in [7, 11) is 1.96. The lowest BCUT2D eigenvalue weighted by Crippen LogP contribution is -2.47. The van der Waals surface area contributed by atoms with Crippen molar-refractivity contribution in [1.29, 1.82) is 0 Å². The average molecular weight is 383 g/mol. The number of carbonyl (C=O) groups is 1. The predicted octanol–water partition coefficient (Wildman–Crippen LogP) is 3.20. The minimum absolute atomic E-state index is 0.0453. The Labute approximate surface area is 158 Å². The van der Waals surface area contributed by atoms with Crippen LogP contribution in [-0.4, -0.2) is 28.0 Å². The predicted molar refractivity (Wildman–Crippen MR) is 102 cm³/mol. The number of benzene rings is 1. The van der Waals surface area contributed by atoms with Gasteiger partial charge in [-0.05, 0) is 17.5 Å². The van der Waals surface area contributed by atoms with Gasteiger partial charge in [-0.25, -0.2) is 4.98 Å². The molecule has 0 fully saturated rings. The van der Waals surface area contributed by atoms with Gasteiger partial charge in [-0.2, -0.15) is 0 Å². The Bertz CT molecular complexity index is 715. The Morgan fingerprint density at radius 1 is 1.32 bits per heavy atom. The Hall–Kier alpha value is -1.56. The maximum absolute atomic E-state index is 12.5. The van der Waals surface area contributed by atoms with Crippen LogP contribution in [-0.2, 0) is 24.8 Å². The van der Waals surface area contributed by atoms with Crippen LogP contribution in [0.25, 0.3) is 0 Å². The van der Waals surface area contributed by atoms with E-state index < -0.39 is 0 Å². The van der Waals surface area contributed by atoms with Crippen LogP contribution in [0.3, 0.4) is 0 Å². The van der Waals surface area contributed by atoms with Gasteiger partial charge in [0, 0.05) is 38.4 Å². The second-order valence-electron chi connectivity index (χ2n) is 6.35. The van der Waals surface area contributed by atoms with Crippen LogP contribution in [0.2, 0.25) is 10.0 Å². The first-order valence-corrected chi connectivity index (χ1v) is 9.05. The highest BCUT2D eigenvalue weighted by molar-refractivity contribution is 6.42. The molecule has 136 valence electrons. The topological polar surface area (TPSA) is 59.0 Å². The highest BCUT2D eigenvalue weighted by Gasteiger charge is 2.21. The summed E-state index contributed by atoms with van der Waals surface area (Å²) in [5.74, 6) is 0.123. The van der Waals surface area contributed by atoms with Crippen LogP contribution in [0, 0.1) is 5.92 Å². The zero-order valence-corrected chi connectivity index (χ0v) is 16.2. The van der Waals surface area contributed by atoms with Crippen molar-refractivity contribution in [2.24, 2.45) is 13.0 Å². The molecule has 0 saturated carbocycles. The summed E-state index contributed by atoms with van der Waals surface area (Å²) in [6.07, 6.45) is 4.43. The van der Waals surface area contributed by atoms with Gasteiger partial charge < -0.3 is 15.2 Å². The number of imidazole rings is 1. The number of nitrogens with zero attached hydrogens (tertiary/aromatic N) is 2. The van der Waals surface area contributed by atoms with E-state index >= 15 is 0 Å². The van der Waals surface area contributed by atoms with E-state index in [2.05, 4.69) is 15.6 Å². The van der Waals surface area contributed by atoms with Crippen molar-refractivity contribution in [3.63, 3.8) is 0 Å². The zero-order valence-electron chi connectivity index (χ0n) is 14.7. The number of halogens is 2. The number of carbonyl (C=O) groups excluding carboxylic acids is 1. The fourth-order valence-electron chi connectivity index (χ4n) is 2.59. The third kappa shape index (κ3) is 5.46. The van der Waals surface area contributed by atoms with Gasteiger partial charge in [-0.15, -0.1) is 0 Å².